The van der Waals surface area contributed by atoms with Gasteiger partial charge in [0.1, 0.15) is 11.5 Å². The topological polar surface area (TPSA) is 99.4 Å². The van der Waals surface area contributed by atoms with Crippen LogP contribution in [0.3, 0.4) is 0 Å². The van der Waals surface area contributed by atoms with E-state index in [0.717, 1.165) is 0 Å². The molecule has 0 bridgehead atoms. The first-order valence-corrected chi connectivity index (χ1v) is 7.01. The standard InChI is InChI=1S/C18H14O6/c19-11-5-7-14(21)18(9-11)23-12-6-8-17(15(22)10-12)24-16-4-2-1-3-13(16)20/h1-10,19-22H. The van der Waals surface area contributed by atoms with Crippen molar-refractivity contribution in [2.24, 2.45) is 0 Å². The zero-order valence-corrected chi connectivity index (χ0v) is 12.4. The fourth-order valence-corrected chi connectivity index (χ4v) is 2.02. The van der Waals surface area contributed by atoms with Gasteiger partial charge in [-0.25, -0.2) is 0 Å². The zero-order chi connectivity index (χ0) is 17.1. The first-order chi connectivity index (χ1) is 11.5. The molecule has 0 aliphatic carbocycles. The van der Waals surface area contributed by atoms with Gasteiger partial charge in [0, 0.05) is 12.1 Å². The predicted molar refractivity (Wildman–Crippen MR) is 86.1 cm³/mol. The molecule has 0 saturated carbocycles. The third-order valence-electron chi connectivity index (χ3n) is 3.19. The van der Waals surface area contributed by atoms with E-state index >= 15 is 0 Å². The molecule has 3 aromatic rings. The Morgan fingerprint density at radius 1 is 0.542 bits per heavy atom. The summed E-state index contributed by atoms with van der Waals surface area (Å²) in [6.45, 7) is 0. The summed E-state index contributed by atoms with van der Waals surface area (Å²) in [5.74, 6) is 0.128. The molecule has 6 heteroatoms. The second kappa shape index (κ2) is 6.29. The van der Waals surface area contributed by atoms with Crippen LogP contribution in [0.4, 0.5) is 0 Å². The molecule has 0 amide bonds. The first-order valence-electron chi connectivity index (χ1n) is 7.01. The second-order valence-electron chi connectivity index (χ2n) is 4.95. The van der Waals surface area contributed by atoms with Crippen molar-refractivity contribution < 1.29 is 29.9 Å². The summed E-state index contributed by atoms with van der Waals surface area (Å²) in [5, 5.41) is 38.8. The highest BCUT2D eigenvalue weighted by molar-refractivity contribution is 5.51. The van der Waals surface area contributed by atoms with Crippen LogP contribution in [0.15, 0.2) is 60.7 Å². The highest BCUT2D eigenvalue weighted by Crippen LogP contribution is 2.39. The molecular formula is C18H14O6. The molecular weight excluding hydrogens is 312 g/mol. The summed E-state index contributed by atoms with van der Waals surface area (Å²) in [6.07, 6.45) is 0. The Bertz CT molecular complexity index is 875. The van der Waals surface area contributed by atoms with Crippen LogP contribution in [0.25, 0.3) is 0 Å². The van der Waals surface area contributed by atoms with E-state index in [0.29, 0.717) is 0 Å². The number of para-hydroxylation sites is 2. The lowest BCUT2D eigenvalue weighted by Gasteiger charge is -2.11. The van der Waals surface area contributed by atoms with Crippen LogP contribution < -0.4 is 9.47 Å². The van der Waals surface area contributed by atoms with Gasteiger partial charge in [-0.3, -0.25) is 0 Å². The van der Waals surface area contributed by atoms with E-state index in [1.165, 1.54) is 42.5 Å². The number of benzene rings is 3. The summed E-state index contributed by atoms with van der Waals surface area (Å²) < 4.78 is 10.9. The largest absolute Gasteiger partial charge is 0.508 e. The molecule has 0 aromatic heterocycles. The molecule has 0 fully saturated rings. The van der Waals surface area contributed by atoms with Gasteiger partial charge in [-0.2, -0.15) is 0 Å². The molecule has 0 radical (unpaired) electrons. The Kier molecular flexibility index (Phi) is 4.03. The van der Waals surface area contributed by atoms with E-state index < -0.39 is 0 Å². The van der Waals surface area contributed by atoms with Crippen molar-refractivity contribution in [3.8, 4) is 46.0 Å². The molecule has 0 aliphatic heterocycles. The van der Waals surface area contributed by atoms with Crippen LogP contribution >= 0.6 is 0 Å². The average Bonchev–Trinajstić information content (AvgIpc) is 2.55. The summed E-state index contributed by atoms with van der Waals surface area (Å²) in [6, 6.07) is 14.5. The average molecular weight is 326 g/mol. The lowest BCUT2D eigenvalue weighted by Crippen LogP contribution is -1.88. The number of hydrogen-bond acceptors (Lipinski definition) is 6. The summed E-state index contributed by atoms with van der Waals surface area (Å²) in [4.78, 5) is 0. The Labute approximate surface area is 137 Å². The van der Waals surface area contributed by atoms with E-state index in [2.05, 4.69) is 0 Å². The number of hydrogen-bond donors (Lipinski definition) is 4. The number of aromatic hydroxyl groups is 4. The van der Waals surface area contributed by atoms with Crippen molar-refractivity contribution in [2.75, 3.05) is 0 Å². The van der Waals surface area contributed by atoms with Crippen LogP contribution in [0, 0.1) is 0 Å². The molecule has 122 valence electrons. The molecule has 6 nitrogen and oxygen atoms in total. The molecule has 0 unspecified atom stereocenters. The third-order valence-corrected chi connectivity index (χ3v) is 3.19. The van der Waals surface area contributed by atoms with Gasteiger partial charge in [-0.1, -0.05) is 12.1 Å². The zero-order valence-electron chi connectivity index (χ0n) is 12.4. The van der Waals surface area contributed by atoms with Crippen LogP contribution in [-0.4, -0.2) is 20.4 Å². The molecule has 0 saturated heterocycles. The molecule has 0 aliphatic rings. The minimum Gasteiger partial charge on any atom is -0.508 e. The van der Waals surface area contributed by atoms with E-state index in [1.54, 1.807) is 18.2 Å². The number of phenolic OH excluding ortho intramolecular Hbond substituents is 4. The molecule has 24 heavy (non-hydrogen) atoms. The maximum atomic E-state index is 10.0. The van der Waals surface area contributed by atoms with E-state index in [1.807, 2.05) is 0 Å². The molecule has 4 N–H and O–H groups in total. The third kappa shape index (κ3) is 3.27. The monoisotopic (exact) mass is 326 g/mol. The lowest BCUT2D eigenvalue weighted by atomic mass is 10.2. The SMILES string of the molecule is Oc1ccc(O)c(Oc2ccc(Oc3ccccc3O)c(O)c2)c1. The highest BCUT2D eigenvalue weighted by atomic mass is 16.5. The lowest BCUT2D eigenvalue weighted by molar-refractivity contribution is 0.379. The smallest absolute Gasteiger partial charge is 0.172 e. The minimum atomic E-state index is -0.213. The van der Waals surface area contributed by atoms with Crippen molar-refractivity contribution in [1.29, 1.82) is 0 Å². The Morgan fingerprint density at radius 3 is 2.00 bits per heavy atom. The predicted octanol–water partition coefficient (Wildman–Crippen LogP) is 4.09. The molecule has 0 atom stereocenters. The van der Waals surface area contributed by atoms with Gasteiger partial charge in [0.15, 0.2) is 34.5 Å². The Hall–Kier alpha value is -3.54. The van der Waals surface area contributed by atoms with Crippen molar-refractivity contribution >= 4 is 0 Å². The minimum absolute atomic E-state index is 0.0452. The Balaban J connectivity index is 1.82. The van der Waals surface area contributed by atoms with E-state index in [9.17, 15) is 20.4 Å². The van der Waals surface area contributed by atoms with Crippen molar-refractivity contribution in [3.05, 3.63) is 60.7 Å². The van der Waals surface area contributed by atoms with Crippen molar-refractivity contribution in [3.63, 3.8) is 0 Å². The summed E-state index contributed by atoms with van der Waals surface area (Å²) in [7, 11) is 0. The Morgan fingerprint density at radius 2 is 1.25 bits per heavy atom. The fourth-order valence-electron chi connectivity index (χ4n) is 2.02. The quantitative estimate of drug-likeness (QED) is 0.539. The normalized spacial score (nSPS) is 10.3. The molecule has 0 spiro atoms. The van der Waals surface area contributed by atoms with Crippen LogP contribution in [-0.2, 0) is 0 Å². The highest BCUT2D eigenvalue weighted by Gasteiger charge is 2.11. The second-order valence-corrected chi connectivity index (χ2v) is 4.95. The maximum absolute atomic E-state index is 10.0. The molecule has 0 heterocycles. The van der Waals surface area contributed by atoms with E-state index in [4.69, 9.17) is 9.47 Å². The van der Waals surface area contributed by atoms with Gasteiger partial charge >= 0.3 is 0 Å². The van der Waals surface area contributed by atoms with Gasteiger partial charge in [-0.15, -0.1) is 0 Å². The molecule has 3 aromatic carbocycles. The van der Waals surface area contributed by atoms with Gasteiger partial charge in [0.05, 0.1) is 0 Å². The van der Waals surface area contributed by atoms with Crippen LogP contribution in [0.2, 0.25) is 0 Å². The van der Waals surface area contributed by atoms with Gasteiger partial charge < -0.3 is 29.9 Å². The van der Waals surface area contributed by atoms with Crippen LogP contribution in [0.1, 0.15) is 0 Å². The number of rotatable bonds is 4. The summed E-state index contributed by atoms with van der Waals surface area (Å²) >= 11 is 0. The van der Waals surface area contributed by atoms with Gasteiger partial charge in [0.25, 0.3) is 0 Å². The molecule has 3 rings (SSSR count). The maximum Gasteiger partial charge on any atom is 0.172 e. The first kappa shape index (κ1) is 15.4. The van der Waals surface area contributed by atoms with E-state index in [-0.39, 0.29) is 46.0 Å². The number of ether oxygens (including phenoxy) is 2. The van der Waals surface area contributed by atoms with Gasteiger partial charge in [0.2, 0.25) is 0 Å². The van der Waals surface area contributed by atoms with Gasteiger partial charge in [-0.05, 0) is 36.4 Å². The van der Waals surface area contributed by atoms with Crippen LogP contribution in [0.5, 0.6) is 46.0 Å². The number of phenols is 4. The fraction of sp³-hybridized carbons (Fsp3) is 0. The van der Waals surface area contributed by atoms with Crippen molar-refractivity contribution in [2.45, 2.75) is 0 Å². The van der Waals surface area contributed by atoms with Crippen molar-refractivity contribution in [1.82, 2.24) is 0 Å². The summed E-state index contributed by atoms with van der Waals surface area (Å²) in [5.41, 5.74) is 0.